The molecule has 0 amide bonds. The Labute approximate surface area is 124 Å². The third-order valence-corrected chi connectivity index (χ3v) is 4.71. The van der Waals surface area contributed by atoms with Crippen molar-refractivity contribution in [1.29, 1.82) is 0 Å². The maximum Gasteiger partial charge on any atom is 0.336 e. The lowest BCUT2D eigenvalue weighted by Gasteiger charge is -2.19. The third kappa shape index (κ3) is 3.36. The van der Waals surface area contributed by atoms with Gasteiger partial charge >= 0.3 is 5.97 Å². The molecule has 0 bridgehead atoms. The summed E-state index contributed by atoms with van der Waals surface area (Å²) in [5.74, 6) is 0.889. The second-order valence-corrected chi connectivity index (χ2v) is 6.63. The SMILES string of the molecule is COCCSc1c(C(C)C)ccc(C(=O)O)c1C1CC1. The number of benzene rings is 1. The topological polar surface area (TPSA) is 46.5 Å². The van der Waals surface area contributed by atoms with E-state index in [0.717, 1.165) is 24.2 Å². The van der Waals surface area contributed by atoms with Gasteiger partial charge in [-0.1, -0.05) is 19.9 Å². The molecule has 0 atom stereocenters. The molecule has 0 unspecified atom stereocenters. The molecule has 1 saturated carbocycles. The van der Waals surface area contributed by atoms with Crippen LogP contribution in [0.5, 0.6) is 0 Å². The molecule has 20 heavy (non-hydrogen) atoms. The van der Waals surface area contributed by atoms with Gasteiger partial charge in [0.2, 0.25) is 0 Å². The minimum Gasteiger partial charge on any atom is -0.478 e. The molecule has 0 aliphatic heterocycles. The molecule has 3 nitrogen and oxygen atoms in total. The van der Waals surface area contributed by atoms with Gasteiger partial charge in [0.15, 0.2) is 0 Å². The molecule has 2 rings (SSSR count). The first kappa shape index (κ1) is 15.4. The van der Waals surface area contributed by atoms with Crippen molar-refractivity contribution in [2.45, 2.75) is 43.4 Å². The minimum absolute atomic E-state index is 0.403. The fourth-order valence-corrected chi connectivity index (χ4v) is 3.78. The van der Waals surface area contributed by atoms with Gasteiger partial charge in [0, 0.05) is 17.8 Å². The second-order valence-electron chi connectivity index (χ2n) is 5.52. The molecular weight excluding hydrogens is 272 g/mol. The van der Waals surface area contributed by atoms with Crippen LogP contribution >= 0.6 is 11.8 Å². The van der Waals surface area contributed by atoms with Crippen molar-refractivity contribution in [2.75, 3.05) is 19.5 Å². The molecule has 1 aromatic rings. The molecule has 1 fully saturated rings. The number of carboxylic acids is 1. The minimum atomic E-state index is -0.809. The van der Waals surface area contributed by atoms with Crippen molar-refractivity contribution in [2.24, 2.45) is 0 Å². The van der Waals surface area contributed by atoms with E-state index >= 15 is 0 Å². The summed E-state index contributed by atoms with van der Waals surface area (Å²) in [6, 6.07) is 3.76. The first-order chi connectivity index (χ1) is 9.56. The zero-order valence-electron chi connectivity index (χ0n) is 12.3. The number of carboxylic acid groups (broad SMARTS) is 1. The number of methoxy groups -OCH3 is 1. The Morgan fingerprint density at radius 2 is 2.15 bits per heavy atom. The fraction of sp³-hybridized carbons (Fsp3) is 0.562. The van der Waals surface area contributed by atoms with Gasteiger partial charge in [-0.05, 0) is 41.9 Å². The summed E-state index contributed by atoms with van der Waals surface area (Å²) in [4.78, 5) is 12.7. The van der Waals surface area contributed by atoms with Crippen LogP contribution < -0.4 is 0 Å². The molecule has 1 aromatic carbocycles. The summed E-state index contributed by atoms with van der Waals surface area (Å²) in [6.07, 6.45) is 2.22. The van der Waals surface area contributed by atoms with E-state index in [1.807, 2.05) is 6.07 Å². The van der Waals surface area contributed by atoms with E-state index in [0.29, 0.717) is 24.0 Å². The van der Waals surface area contributed by atoms with Crippen LogP contribution in [0.1, 0.15) is 60.0 Å². The molecule has 1 aliphatic rings. The van der Waals surface area contributed by atoms with Gasteiger partial charge in [0.1, 0.15) is 0 Å². The summed E-state index contributed by atoms with van der Waals surface area (Å²) in [7, 11) is 1.69. The standard InChI is InChI=1S/C16H22O3S/c1-10(2)12-6-7-13(16(17)18)14(11-4-5-11)15(12)20-9-8-19-3/h6-7,10-11H,4-5,8-9H2,1-3H3,(H,17,18). The van der Waals surface area contributed by atoms with Gasteiger partial charge in [-0.3, -0.25) is 0 Å². The van der Waals surface area contributed by atoms with E-state index in [1.165, 1.54) is 10.5 Å². The fourth-order valence-electron chi connectivity index (χ4n) is 2.42. The number of ether oxygens (including phenoxy) is 1. The highest BCUT2D eigenvalue weighted by Crippen LogP contribution is 2.48. The van der Waals surface area contributed by atoms with Gasteiger partial charge < -0.3 is 9.84 Å². The van der Waals surface area contributed by atoms with Gasteiger partial charge in [-0.25, -0.2) is 4.79 Å². The molecule has 4 heteroatoms. The highest BCUT2D eigenvalue weighted by atomic mass is 32.2. The Bertz CT molecular complexity index is 493. The van der Waals surface area contributed by atoms with Crippen molar-refractivity contribution in [3.63, 3.8) is 0 Å². The van der Waals surface area contributed by atoms with Crippen LogP contribution in [0.15, 0.2) is 17.0 Å². The Morgan fingerprint density at radius 3 is 2.65 bits per heavy atom. The Morgan fingerprint density at radius 1 is 1.45 bits per heavy atom. The normalized spacial score (nSPS) is 14.8. The Balaban J connectivity index is 2.45. The highest BCUT2D eigenvalue weighted by molar-refractivity contribution is 7.99. The van der Waals surface area contributed by atoms with E-state index < -0.39 is 5.97 Å². The van der Waals surface area contributed by atoms with E-state index in [9.17, 15) is 9.90 Å². The maximum absolute atomic E-state index is 11.5. The Kier molecular flexibility index (Phi) is 5.11. The Hall–Kier alpha value is -1.00. The van der Waals surface area contributed by atoms with Crippen molar-refractivity contribution in [3.05, 3.63) is 28.8 Å². The van der Waals surface area contributed by atoms with Gasteiger partial charge in [-0.2, -0.15) is 0 Å². The monoisotopic (exact) mass is 294 g/mol. The van der Waals surface area contributed by atoms with E-state index in [2.05, 4.69) is 13.8 Å². The number of rotatable bonds is 7. The van der Waals surface area contributed by atoms with Crippen LogP contribution in [0.2, 0.25) is 0 Å². The summed E-state index contributed by atoms with van der Waals surface area (Å²) in [5.41, 5.74) is 2.81. The van der Waals surface area contributed by atoms with E-state index in [1.54, 1.807) is 24.9 Å². The first-order valence-corrected chi connectivity index (χ1v) is 8.06. The third-order valence-electron chi connectivity index (χ3n) is 3.60. The molecule has 0 radical (unpaired) electrons. The van der Waals surface area contributed by atoms with Crippen LogP contribution in [0.25, 0.3) is 0 Å². The van der Waals surface area contributed by atoms with Crippen molar-refractivity contribution in [3.8, 4) is 0 Å². The number of hydrogen-bond donors (Lipinski definition) is 1. The molecule has 1 N–H and O–H groups in total. The van der Waals surface area contributed by atoms with Gasteiger partial charge in [0.05, 0.1) is 12.2 Å². The predicted molar refractivity (Wildman–Crippen MR) is 82.1 cm³/mol. The number of thioether (sulfide) groups is 1. The number of carbonyl (C=O) groups is 1. The summed E-state index contributed by atoms with van der Waals surface area (Å²) >= 11 is 1.74. The smallest absolute Gasteiger partial charge is 0.336 e. The van der Waals surface area contributed by atoms with E-state index in [4.69, 9.17) is 4.74 Å². The lowest BCUT2D eigenvalue weighted by molar-refractivity contribution is 0.0695. The van der Waals surface area contributed by atoms with E-state index in [-0.39, 0.29) is 0 Å². The van der Waals surface area contributed by atoms with Gasteiger partial charge in [0.25, 0.3) is 0 Å². The van der Waals surface area contributed by atoms with Crippen molar-refractivity contribution in [1.82, 2.24) is 0 Å². The molecule has 110 valence electrons. The largest absolute Gasteiger partial charge is 0.478 e. The van der Waals surface area contributed by atoms with Crippen LogP contribution in [0.4, 0.5) is 0 Å². The van der Waals surface area contributed by atoms with Crippen molar-refractivity contribution >= 4 is 17.7 Å². The molecular formula is C16H22O3S. The lowest BCUT2D eigenvalue weighted by atomic mass is 9.94. The molecule has 0 aromatic heterocycles. The molecule has 0 heterocycles. The first-order valence-electron chi connectivity index (χ1n) is 7.08. The quantitative estimate of drug-likeness (QED) is 0.607. The number of hydrogen-bond acceptors (Lipinski definition) is 3. The van der Waals surface area contributed by atoms with Crippen LogP contribution in [-0.4, -0.2) is 30.5 Å². The summed E-state index contributed by atoms with van der Waals surface area (Å²) in [5, 5.41) is 9.43. The lowest BCUT2D eigenvalue weighted by Crippen LogP contribution is -2.07. The zero-order valence-corrected chi connectivity index (χ0v) is 13.1. The zero-order chi connectivity index (χ0) is 14.7. The highest BCUT2D eigenvalue weighted by Gasteiger charge is 2.32. The van der Waals surface area contributed by atoms with Crippen LogP contribution in [0.3, 0.4) is 0 Å². The predicted octanol–water partition coefficient (Wildman–Crippen LogP) is 4.12. The molecule has 1 aliphatic carbocycles. The molecule has 0 saturated heterocycles. The number of aromatic carboxylic acids is 1. The van der Waals surface area contributed by atoms with Crippen LogP contribution in [0, 0.1) is 0 Å². The summed E-state index contributed by atoms with van der Waals surface area (Å²) in [6.45, 7) is 5.00. The average molecular weight is 294 g/mol. The van der Waals surface area contributed by atoms with Crippen LogP contribution in [-0.2, 0) is 4.74 Å². The maximum atomic E-state index is 11.5. The second kappa shape index (κ2) is 6.64. The molecule has 0 spiro atoms. The van der Waals surface area contributed by atoms with Gasteiger partial charge in [-0.15, -0.1) is 11.8 Å². The summed E-state index contributed by atoms with van der Waals surface area (Å²) < 4.78 is 5.12. The average Bonchev–Trinajstić information content (AvgIpc) is 3.22. The van der Waals surface area contributed by atoms with Crippen molar-refractivity contribution < 1.29 is 14.6 Å².